The highest BCUT2D eigenvalue weighted by molar-refractivity contribution is 5.78. The van der Waals surface area contributed by atoms with Crippen molar-refractivity contribution in [3.05, 3.63) is 29.8 Å². The molecule has 1 aliphatic rings. The van der Waals surface area contributed by atoms with Crippen molar-refractivity contribution in [1.82, 2.24) is 10.2 Å². The zero-order chi connectivity index (χ0) is 15.9. The Morgan fingerprint density at radius 1 is 1.32 bits per heavy atom. The number of hydrogen-bond donors (Lipinski definition) is 2. The Balaban J connectivity index is 2.03. The number of carbonyl (C=O) groups excluding carboxylic acids is 2. The summed E-state index contributed by atoms with van der Waals surface area (Å²) in [6.07, 6.45) is 2.80. The Hall–Kier alpha value is -2.24. The number of primary amides is 1. The van der Waals surface area contributed by atoms with E-state index in [1.165, 1.54) is 0 Å². The lowest BCUT2D eigenvalue weighted by Crippen LogP contribution is -2.34. The topological polar surface area (TPSA) is 84.7 Å². The number of nitrogens with two attached hydrogens (primary N) is 1. The number of amides is 3. The van der Waals surface area contributed by atoms with Crippen molar-refractivity contribution >= 4 is 11.9 Å². The van der Waals surface area contributed by atoms with Crippen LogP contribution in [0.25, 0.3) is 0 Å². The van der Waals surface area contributed by atoms with E-state index in [1.807, 2.05) is 30.0 Å². The van der Waals surface area contributed by atoms with E-state index in [0.29, 0.717) is 12.2 Å². The summed E-state index contributed by atoms with van der Waals surface area (Å²) in [5.41, 5.74) is 6.04. The summed E-state index contributed by atoms with van der Waals surface area (Å²) in [6, 6.07) is 6.59. The Kier molecular flexibility index (Phi) is 5.63. The molecule has 0 aliphatic carbocycles. The molecule has 6 heteroatoms. The van der Waals surface area contributed by atoms with Crippen molar-refractivity contribution < 1.29 is 14.3 Å². The summed E-state index contributed by atoms with van der Waals surface area (Å²) < 4.78 is 5.69. The van der Waals surface area contributed by atoms with Crippen molar-refractivity contribution in [3.63, 3.8) is 0 Å². The van der Waals surface area contributed by atoms with E-state index in [9.17, 15) is 9.59 Å². The third-order valence-corrected chi connectivity index (χ3v) is 3.83. The zero-order valence-electron chi connectivity index (χ0n) is 12.9. The number of rotatable bonds is 6. The summed E-state index contributed by atoms with van der Waals surface area (Å²) in [4.78, 5) is 25.0. The molecule has 0 saturated carbocycles. The van der Waals surface area contributed by atoms with Crippen LogP contribution in [0.15, 0.2) is 24.3 Å². The largest absolute Gasteiger partial charge is 0.483 e. The van der Waals surface area contributed by atoms with Gasteiger partial charge in [0.05, 0.1) is 6.04 Å². The number of hydrogen-bond acceptors (Lipinski definition) is 3. The molecule has 0 bridgehead atoms. The average Bonchev–Trinajstić information content (AvgIpc) is 3.05. The molecule has 1 aromatic rings. The molecule has 1 aromatic carbocycles. The fourth-order valence-electron chi connectivity index (χ4n) is 2.67. The monoisotopic (exact) mass is 305 g/mol. The van der Waals surface area contributed by atoms with Gasteiger partial charge < -0.3 is 20.7 Å². The molecule has 3 N–H and O–H groups in total. The fraction of sp³-hybridized carbons (Fsp3) is 0.500. The zero-order valence-corrected chi connectivity index (χ0v) is 12.9. The molecular formula is C16H23N3O3. The van der Waals surface area contributed by atoms with Crippen molar-refractivity contribution in [3.8, 4) is 5.75 Å². The predicted octanol–water partition coefficient (Wildman–Crippen LogP) is 1.81. The first-order valence-corrected chi connectivity index (χ1v) is 7.67. The van der Waals surface area contributed by atoms with E-state index in [1.54, 1.807) is 6.07 Å². The summed E-state index contributed by atoms with van der Waals surface area (Å²) >= 11 is 0. The van der Waals surface area contributed by atoms with Gasteiger partial charge in [0.15, 0.2) is 6.61 Å². The summed E-state index contributed by atoms with van der Waals surface area (Å²) in [5.74, 6) is 0.610. The summed E-state index contributed by atoms with van der Waals surface area (Å²) in [5, 5.41) is 2.69. The molecule has 1 aliphatic heterocycles. The third kappa shape index (κ3) is 4.13. The second-order valence-corrected chi connectivity index (χ2v) is 5.38. The number of nitrogens with one attached hydrogen (secondary N) is 1. The van der Waals surface area contributed by atoms with E-state index in [4.69, 9.17) is 10.5 Å². The SMILES string of the molecule is CC[C@H](NC(N)=O)c1ccccc1OCC(=O)N1CCCC1. The van der Waals surface area contributed by atoms with Crippen LogP contribution >= 0.6 is 0 Å². The van der Waals surface area contributed by atoms with Crippen molar-refractivity contribution in [2.24, 2.45) is 5.73 Å². The highest BCUT2D eigenvalue weighted by Gasteiger charge is 2.20. The Morgan fingerprint density at radius 3 is 2.64 bits per heavy atom. The van der Waals surface area contributed by atoms with Gasteiger partial charge in [0, 0.05) is 18.7 Å². The molecule has 0 aromatic heterocycles. The summed E-state index contributed by atoms with van der Waals surface area (Å²) in [7, 11) is 0. The first kappa shape index (κ1) is 16.1. The molecule has 3 amide bonds. The van der Waals surface area contributed by atoms with Crippen LogP contribution in [-0.2, 0) is 4.79 Å². The molecule has 1 saturated heterocycles. The number of likely N-dealkylation sites (tertiary alicyclic amines) is 1. The number of nitrogens with zero attached hydrogens (tertiary/aromatic N) is 1. The van der Waals surface area contributed by atoms with Crippen LogP contribution in [0.4, 0.5) is 4.79 Å². The minimum absolute atomic E-state index is 0.00297. The van der Waals surface area contributed by atoms with E-state index >= 15 is 0 Å². The molecule has 1 fully saturated rings. The minimum Gasteiger partial charge on any atom is -0.483 e. The minimum atomic E-state index is -0.574. The third-order valence-electron chi connectivity index (χ3n) is 3.83. The molecule has 0 unspecified atom stereocenters. The number of ether oxygens (including phenoxy) is 1. The van der Waals surface area contributed by atoms with Gasteiger partial charge in [-0.05, 0) is 25.3 Å². The van der Waals surface area contributed by atoms with Gasteiger partial charge in [0.25, 0.3) is 5.91 Å². The van der Waals surface area contributed by atoms with Crippen LogP contribution in [0.5, 0.6) is 5.75 Å². The number of benzene rings is 1. The molecular weight excluding hydrogens is 282 g/mol. The quantitative estimate of drug-likeness (QED) is 0.840. The normalized spacial score (nSPS) is 15.4. The van der Waals surface area contributed by atoms with Crippen LogP contribution in [0, 0.1) is 0 Å². The molecule has 22 heavy (non-hydrogen) atoms. The fourth-order valence-corrected chi connectivity index (χ4v) is 2.67. The lowest BCUT2D eigenvalue weighted by molar-refractivity contribution is -0.132. The second kappa shape index (κ2) is 7.68. The molecule has 0 radical (unpaired) electrons. The Bertz CT molecular complexity index is 527. The van der Waals surface area contributed by atoms with Gasteiger partial charge in [-0.15, -0.1) is 0 Å². The first-order valence-electron chi connectivity index (χ1n) is 7.67. The first-order chi connectivity index (χ1) is 10.6. The predicted molar refractivity (Wildman–Crippen MR) is 83.5 cm³/mol. The van der Waals surface area contributed by atoms with E-state index in [2.05, 4.69) is 5.32 Å². The molecule has 1 atom stereocenters. The van der Waals surface area contributed by atoms with Crippen LogP contribution < -0.4 is 15.8 Å². The summed E-state index contributed by atoms with van der Waals surface area (Å²) in [6.45, 7) is 3.59. The van der Waals surface area contributed by atoms with Crippen LogP contribution in [-0.4, -0.2) is 36.5 Å². The highest BCUT2D eigenvalue weighted by atomic mass is 16.5. The van der Waals surface area contributed by atoms with Gasteiger partial charge >= 0.3 is 6.03 Å². The Morgan fingerprint density at radius 2 is 2.00 bits per heavy atom. The van der Waals surface area contributed by atoms with Crippen molar-refractivity contribution in [2.45, 2.75) is 32.2 Å². The van der Waals surface area contributed by atoms with Gasteiger partial charge in [-0.25, -0.2) is 4.79 Å². The average molecular weight is 305 g/mol. The van der Waals surface area contributed by atoms with Crippen molar-refractivity contribution in [2.75, 3.05) is 19.7 Å². The van der Waals surface area contributed by atoms with Crippen molar-refractivity contribution in [1.29, 1.82) is 0 Å². The lowest BCUT2D eigenvalue weighted by Gasteiger charge is -2.21. The maximum Gasteiger partial charge on any atom is 0.312 e. The van der Waals surface area contributed by atoms with Crippen LogP contribution in [0.3, 0.4) is 0 Å². The van der Waals surface area contributed by atoms with E-state index in [-0.39, 0.29) is 18.6 Å². The number of carbonyl (C=O) groups is 2. The number of urea groups is 1. The van der Waals surface area contributed by atoms with Gasteiger partial charge in [-0.3, -0.25) is 4.79 Å². The lowest BCUT2D eigenvalue weighted by atomic mass is 10.0. The molecule has 1 heterocycles. The molecule has 120 valence electrons. The van der Waals surface area contributed by atoms with E-state index in [0.717, 1.165) is 31.5 Å². The highest BCUT2D eigenvalue weighted by Crippen LogP contribution is 2.27. The molecule has 6 nitrogen and oxygen atoms in total. The van der Waals surface area contributed by atoms with Gasteiger partial charge in [-0.1, -0.05) is 25.1 Å². The van der Waals surface area contributed by atoms with Crippen LogP contribution in [0.2, 0.25) is 0 Å². The number of para-hydroxylation sites is 1. The maximum absolute atomic E-state index is 12.1. The van der Waals surface area contributed by atoms with E-state index < -0.39 is 6.03 Å². The second-order valence-electron chi connectivity index (χ2n) is 5.38. The smallest absolute Gasteiger partial charge is 0.312 e. The van der Waals surface area contributed by atoms with Crippen LogP contribution in [0.1, 0.15) is 37.8 Å². The van der Waals surface area contributed by atoms with Gasteiger partial charge in [-0.2, -0.15) is 0 Å². The van der Waals surface area contributed by atoms with Gasteiger partial charge in [0.2, 0.25) is 0 Å². The standard InChI is InChI=1S/C16H23N3O3/c1-2-13(18-16(17)21)12-7-3-4-8-14(12)22-11-15(20)19-9-5-6-10-19/h3-4,7-8,13H,2,5-6,9-11H2,1H3,(H3,17,18,21)/t13-/m0/s1. The van der Waals surface area contributed by atoms with Gasteiger partial charge in [0.1, 0.15) is 5.75 Å². The Labute approximate surface area is 130 Å². The maximum atomic E-state index is 12.1. The molecule has 2 rings (SSSR count). The molecule has 0 spiro atoms.